The molecule has 0 aliphatic carbocycles. The molecule has 3 aromatic heterocycles. The standard InChI is InChI=1S/C18H21N5O2/c1-22-10-8-19-17(22)16-14(6-11-25-16)18(24)20-7-5-13-12-23-9-3-2-4-15(23)21-13/h2-4,8-10,12,14,16H,5-7,11H2,1H3,(H,20,24)/t14-,16-/m1/s1. The van der Waals surface area contributed by atoms with Gasteiger partial charge in [0.05, 0.1) is 11.6 Å². The molecule has 1 fully saturated rings. The Morgan fingerprint density at radius 1 is 1.40 bits per heavy atom. The minimum atomic E-state index is -0.268. The Hall–Kier alpha value is -2.67. The summed E-state index contributed by atoms with van der Waals surface area (Å²) in [6, 6.07) is 5.90. The molecule has 0 bridgehead atoms. The van der Waals surface area contributed by atoms with Crippen LogP contribution in [0.2, 0.25) is 0 Å². The number of fused-ring (bicyclic) bond motifs is 1. The normalized spacial score (nSPS) is 20.2. The van der Waals surface area contributed by atoms with Gasteiger partial charge in [0.15, 0.2) is 0 Å². The monoisotopic (exact) mass is 339 g/mol. The number of pyridine rings is 1. The maximum absolute atomic E-state index is 12.6. The number of carbonyl (C=O) groups excluding carboxylic acids is 1. The fourth-order valence-electron chi connectivity index (χ4n) is 3.32. The van der Waals surface area contributed by atoms with Crippen LogP contribution in [0.5, 0.6) is 0 Å². The zero-order chi connectivity index (χ0) is 17.2. The van der Waals surface area contributed by atoms with Gasteiger partial charge in [0, 0.05) is 51.4 Å². The minimum absolute atomic E-state index is 0.0225. The molecule has 1 aliphatic rings. The molecule has 1 N–H and O–H groups in total. The molecular weight excluding hydrogens is 318 g/mol. The molecule has 0 spiro atoms. The Morgan fingerprint density at radius 3 is 3.12 bits per heavy atom. The van der Waals surface area contributed by atoms with E-state index in [0.29, 0.717) is 19.6 Å². The summed E-state index contributed by atoms with van der Waals surface area (Å²) in [5.74, 6) is 0.634. The van der Waals surface area contributed by atoms with Crippen LogP contribution in [-0.2, 0) is 23.0 Å². The van der Waals surface area contributed by atoms with Gasteiger partial charge in [-0.3, -0.25) is 4.79 Å². The maximum Gasteiger partial charge on any atom is 0.226 e. The number of amides is 1. The zero-order valence-electron chi connectivity index (χ0n) is 14.1. The van der Waals surface area contributed by atoms with Crippen molar-refractivity contribution < 1.29 is 9.53 Å². The molecule has 4 heterocycles. The van der Waals surface area contributed by atoms with Gasteiger partial charge in [0.25, 0.3) is 0 Å². The highest BCUT2D eigenvalue weighted by molar-refractivity contribution is 5.79. The molecule has 7 heteroatoms. The molecule has 25 heavy (non-hydrogen) atoms. The predicted octanol–water partition coefficient (Wildman–Crippen LogP) is 1.50. The minimum Gasteiger partial charge on any atom is -0.369 e. The van der Waals surface area contributed by atoms with Crippen LogP contribution in [0.4, 0.5) is 0 Å². The zero-order valence-corrected chi connectivity index (χ0v) is 14.1. The number of ether oxygens (including phenoxy) is 1. The number of hydrogen-bond donors (Lipinski definition) is 1. The van der Waals surface area contributed by atoms with Crippen LogP contribution < -0.4 is 5.32 Å². The second-order valence-electron chi connectivity index (χ2n) is 6.32. The molecule has 7 nitrogen and oxygen atoms in total. The van der Waals surface area contributed by atoms with Crippen LogP contribution in [0.1, 0.15) is 24.0 Å². The van der Waals surface area contributed by atoms with Crippen LogP contribution >= 0.6 is 0 Å². The van der Waals surface area contributed by atoms with E-state index in [1.807, 2.05) is 52.8 Å². The van der Waals surface area contributed by atoms with E-state index in [4.69, 9.17) is 4.74 Å². The Kier molecular flexibility index (Phi) is 4.23. The lowest BCUT2D eigenvalue weighted by molar-refractivity contribution is -0.126. The third-order valence-electron chi connectivity index (χ3n) is 4.64. The molecule has 0 unspecified atom stereocenters. The largest absolute Gasteiger partial charge is 0.369 e. The van der Waals surface area contributed by atoms with Crippen molar-refractivity contribution in [1.29, 1.82) is 0 Å². The predicted molar refractivity (Wildman–Crippen MR) is 91.9 cm³/mol. The number of nitrogens with zero attached hydrogens (tertiary/aromatic N) is 4. The second kappa shape index (κ2) is 6.68. The van der Waals surface area contributed by atoms with Crippen LogP contribution in [0, 0.1) is 5.92 Å². The van der Waals surface area contributed by atoms with E-state index >= 15 is 0 Å². The smallest absolute Gasteiger partial charge is 0.226 e. The Labute approximate surface area is 145 Å². The van der Waals surface area contributed by atoms with Crippen molar-refractivity contribution in [1.82, 2.24) is 24.3 Å². The van der Waals surface area contributed by atoms with Crippen molar-refractivity contribution in [3.05, 3.63) is 54.5 Å². The molecular formula is C18H21N5O2. The van der Waals surface area contributed by atoms with Crippen LogP contribution in [0.15, 0.2) is 43.0 Å². The van der Waals surface area contributed by atoms with E-state index in [0.717, 1.165) is 23.6 Å². The Bertz CT molecular complexity index is 851. The number of aromatic nitrogens is 4. The molecule has 3 aromatic rings. The first-order valence-corrected chi connectivity index (χ1v) is 8.51. The van der Waals surface area contributed by atoms with Crippen LogP contribution in [-0.4, -0.2) is 38.0 Å². The molecule has 0 radical (unpaired) electrons. The van der Waals surface area contributed by atoms with E-state index in [2.05, 4.69) is 15.3 Å². The van der Waals surface area contributed by atoms with Crippen molar-refractivity contribution in [2.45, 2.75) is 18.9 Å². The van der Waals surface area contributed by atoms with Gasteiger partial charge in [-0.2, -0.15) is 0 Å². The van der Waals surface area contributed by atoms with Crippen molar-refractivity contribution in [2.24, 2.45) is 13.0 Å². The summed E-state index contributed by atoms with van der Waals surface area (Å²) in [6.07, 6.45) is 8.72. The van der Waals surface area contributed by atoms with Gasteiger partial charge in [-0.25, -0.2) is 9.97 Å². The molecule has 1 amide bonds. The van der Waals surface area contributed by atoms with Crippen molar-refractivity contribution in [3.8, 4) is 0 Å². The number of hydrogen-bond acceptors (Lipinski definition) is 4. The first kappa shape index (κ1) is 15.8. The molecule has 1 saturated heterocycles. The highest BCUT2D eigenvalue weighted by atomic mass is 16.5. The summed E-state index contributed by atoms with van der Waals surface area (Å²) in [5.41, 5.74) is 1.89. The number of aryl methyl sites for hydroxylation is 1. The fourth-order valence-corrected chi connectivity index (χ4v) is 3.32. The molecule has 0 saturated carbocycles. The van der Waals surface area contributed by atoms with Gasteiger partial charge in [0.1, 0.15) is 17.6 Å². The van der Waals surface area contributed by atoms with Crippen molar-refractivity contribution in [3.63, 3.8) is 0 Å². The maximum atomic E-state index is 12.6. The van der Waals surface area contributed by atoms with Gasteiger partial charge in [0.2, 0.25) is 5.91 Å². The van der Waals surface area contributed by atoms with E-state index in [1.54, 1.807) is 6.20 Å². The van der Waals surface area contributed by atoms with E-state index in [-0.39, 0.29) is 17.9 Å². The van der Waals surface area contributed by atoms with Gasteiger partial charge in [-0.15, -0.1) is 0 Å². The summed E-state index contributed by atoms with van der Waals surface area (Å²) < 4.78 is 9.65. The second-order valence-corrected chi connectivity index (χ2v) is 6.32. The van der Waals surface area contributed by atoms with Gasteiger partial charge in [-0.1, -0.05) is 6.07 Å². The molecule has 0 aromatic carbocycles. The summed E-state index contributed by atoms with van der Waals surface area (Å²) in [4.78, 5) is 21.4. The number of nitrogens with one attached hydrogen (secondary N) is 1. The number of carbonyl (C=O) groups is 1. The lowest BCUT2D eigenvalue weighted by atomic mass is 10.00. The Balaban J connectivity index is 1.36. The average Bonchev–Trinajstić information content (AvgIpc) is 3.32. The van der Waals surface area contributed by atoms with Crippen LogP contribution in [0.3, 0.4) is 0 Å². The molecule has 1 aliphatic heterocycles. The first-order chi connectivity index (χ1) is 12.2. The fraction of sp³-hybridized carbons (Fsp3) is 0.389. The van der Waals surface area contributed by atoms with Gasteiger partial charge in [-0.05, 0) is 18.6 Å². The highest BCUT2D eigenvalue weighted by Gasteiger charge is 2.37. The highest BCUT2D eigenvalue weighted by Crippen LogP contribution is 2.33. The molecule has 130 valence electrons. The number of rotatable bonds is 5. The summed E-state index contributed by atoms with van der Waals surface area (Å²) in [5, 5.41) is 3.02. The summed E-state index contributed by atoms with van der Waals surface area (Å²) in [6.45, 7) is 1.15. The number of imidazole rings is 2. The lowest BCUT2D eigenvalue weighted by Gasteiger charge is -2.17. The van der Waals surface area contributed by atoms with Crippen molar-refractivity contribution >= 4 is 11.6 Å². The Morgan fingerprint density at radius 2 is 2.32 bits per heavy atom. The first-order valence-electron chi connectivity index (χ1n) is 8.51. The van der Waals surface area contributed by atoms with Gasteiger partial charge >= 0.3 is 0 Å². The van der Waals surface area contributed by atoms with E-state index < -0.39 is 0 Å². The van der Waals surface area contributed by atoms with Crippen molar-refractivity contribution in [2.75, 3.05) is 13.2 Å². The molecule has 2 atom stereocenters. The topological polar surface area (TPSA) is 73.5 Å². The lowest BCUT2D eigenvalue weighted by Crippen LogP contribution is -2.34. The van der Waals surface area contributed by atoms with E-state index in [9.17, 15) is 4.79 Å². The summed E-state index contributed by atoms with van der Waals surface area (Å²) >= 11 is 0. The molecule has 4 rings (SSSR count). The summed E-state index contributed by atoms with van der Waals surface area (Å²) in [7, 11) is 1.92. The third-order valence-corrected chi connectivity index (χ3v) is 4.64. The van der Waals surface area contributed by atoms with Gasteiger partial charge < -0.3 is 19.0 Å². The van der Waals surface area contributed by atoms with E-state index in [1.165, 1.54) is 0 Å². The SMILES string of the molecule is Cn1ccnc1[C@@H]1OCC[C@H]1C(=O)NCCc1cn2ccccc2n1. The quantitative estimate of drug-likeness (QED) is 0.765. The van der Waals surface area contributed by atoms with Crippen LogP contribution in [0.25, 0.3) is 5.65 Å². The third kappa shape index (κ3) is 3.15. The average molecular weight is 339 g/mol.